The van der Waals surface area contributed by atoms with Crippen molar-refractivity contribution in [2.75, 3.05) is 27.9 Å². The lowest BCUT2D eigenvalue weighted by Gasteiger charge is -2.12. The van der Waals surface area contributed by atoms with Crippen molar-refractivity contribution >= 4 is 46.1 Å². The Hall–Kier alpha value is -3.13. The van der Waals surface area contributed by atoms with Crippen LogP contribution in [0.2, 0.25) is 0 Å². The number of rotatable bonds is 5. The van der Waals surface area contributed by atoms with Crippen molar-refractivity contribution in [3.05, 3.63) is 41.6 Å². The van der Waals surface area contributed by atoms with Crippen molar-refractivity contribution in [3.63, 3.8) is 0 Å². The molecule has 1 saturated heterocycles. The van der Waals surface area contributed by atoms with Crippen molar-refractivity contribution in [2.24, 2.45) is 0 Å². The van der Waals surface area contributed by atoms with Gasteiger partial charge in [-0.25, -0.2) is 0 Å². The van der Waals surface area contributed by atoms with E-state index in [0.29, 0.717) is 17.1 Å². The molecule has 1 N–H and O–H groups in total. The molecule has 0 radical (unpaired) electrons. The minimum atomic E-state index is -0.554. The maximum atomic E-state index is 12.7. The number of nitrogens with zero attached hydrogens (tertiary/aromatic N) is 1. The summed E-state index contributed by atoms with van der Waals surface area (Å²) >= 11 is 5.17. The van der Waals surface area contributed by atoms with Gasteiger partial charge in [0.1, 0.15) is 23.7 Å². The molecule has 2 aromatic carbocycles. The van der Waals surface area contributed by atoms with Crippen molar-refractivity contribution in [3.8, 4) is 11.5 Å². The van der Waals surface area contributed by atoms with Crippen LogP contribution >= 0.6 is 12.2 Å². The van der Waals surface area contributed by atoms with Crippen LogP contribution in [0, 0.1) is 0 Å². The van der Waals surface area contributed by atoms with E-state index in [-0.39, 0.29) is 17.4 Å². The predicted molar refractivity (Wildman–Crippen MR) is 104 cm³/mol. The first kappa shape index (κ1) is 18.7. The van der Waals surface area contributed by atoms with E-state index in [2.05, 4.69) is 10.1 Å². The molecular weight excluding hydrogens is 368 g/mol. The third-order valence-electron chi connectivity index (χ3n) is 4.22. The number of methoxy groups -OCH3 is 3. The summed E-state index contributed by atoms with van der Waals surface area (Å²) in [5.74, 6) is 0.313. The smallest absolute Gasteiger partial charge is 0.325 e. The van der Waals surface area contributed by atoms with Gasteiger partial charge in [0.05, 0.1) is 21.3 Å². The molecule has 0 saturated carbocycles. The van der Waals surface area contributed by atoms with Crippen LogP contribution in [-0.4, -0.2) is 49.8 Å². The minimum absolute atomic E-state index is 0.147. The molecular formula is C19H18N2O5S. The monoisotopic (exact) mass is 386 g/mol. The first-order valence-electron chi connectivity index (χ1n) is 8.04. The molecule has 1 heterocycles. The van der Waals surface area contributed by atoms with Gasteiger partial charge in [0.15, 0.2) is 5.11 Å². The van der Waals surface area contributed by atoms with Gasteiger partial charge >= 0.3 is 5.97 Å². The Kier molecular flexibility index (Phi) is 5.27. The van der Waals surface area contributed by atoms with E-state index in [1.807, 2.05) is 30.3 Å². The first-order valence-corrected chi connectivity index (χ1v) is 8.45. The number of hydrogen-bond acceptors (Lipinski definition) is 6. The molecule has 3 rings (SSSR count). The summed E-state index contributed by atoms with van der Waals surface area (Å²) in [5.41, 5.74) is 0.949. The molecule has 0 bridgehead atoms. The quantitative estimate of drug-likeness (QED) is 0.479. The molecule has 1 amide bonds. The lowest BCUT2D eigenvalue weighted by molar-refractivity contribution is -0.143. The van der Waals surface area contributed by atoms with E-state index < -0.39 is 11.9 Å². The Morgan fingerprint density at radius 2 is 1.93 bits per heavy atom. The number of nitrogens with one attached hydrogen (secondary N) is 1. The second-order valence-electron chi connectivity index (χ2n) is 5.72. The summed E-state index contributed by atoms with van der Waals surface area (Å²) in [6, 6.07) is 9.40. The topological polar surface area (TPSA) is 77.1 Å². The number of esters is 1. The molecule has 0 aliphatic carbocycles. The van der Waals surface area contributed by atoms with Crippen LogP contribution in [-0.2, 0) is 14.3 Å². The van der Waals surface area contributed by atoms with Crippen LogP contribution in [0.3, 0.4) is 0 Å². The summed E-state index contributed by atoms with van der Waals surface area (Å²) in [4.78, 5) is 25.3. The van der Waals surface area contributed by atoms with Crippen molar-refractivity contribution < 1.29 is 23.8 Å². The molecule has 2 aromatic rings. The van der Waals surface area contributed by atoms with E-state index in [4.69, 9.17) is 21.7 Å². The molecule has 8 heteroatoms. The van der Waals surface area contributed by atoms with Gasteiger partial charge in [-0.3, -0.25) is 14.5 Å². The van der Waals surface area contributed by atoms with Gasteiger partial charge in [-0.2, -0.15) is 0 Å². The highest BCUT2D eigenvalue weighted by Crippen LogP contribution is 2.33. The number of carbonyl (C=O) groups is 2. The number of thiocarbonyl (C=S) groups is 1. The fourth-order valence-electron chi connectivity index (χ4n) is 2.81. The highest BCUT2D eigenvalue weighted by Gasteiger charge is 2.32. The van der Waals surface area contributed by atoms with Crippen LogP contribution in [0.15, 0.2) is 36.0 Å². The zero-order chi connectivity index (χ0) is 19.6. The maximum Gasteiger partial charge on any atom is 0.325 e. The fraction of sp³-hybridized carbons (Fsp3) is 0.211. The molecule has 1 aliphatic rings. The number of carbonyl (C=O) groups excluding carboxylic acids is 2. The molecule has 0 unspecified atom stereocenters. The lowest BCUT2D eigenvalue weighted by Crippen LogP contribution is -2.35. The predicted octanol–water partition coefficient (Wildman–Crippen LogP) is 2.09. The normalized spacial score (nSPS) is 15.2. The van der Waals surface area contributed by atoms with Gasteiger partial charge in [-0.1, -0.05) is 12.1 Å². The number of hydrogen-bond donors (Lipinski definition) is 1. The van der Waals surface area contributed by atoms with E-state index >= 15 is 0 Å². The standard InChI is InChI=1S/C19H18N2O5S/c1-24-12-6-4-11-5-7-16(25-2)14(13(11)8-12)9-15-18(23)21(19(27)20-15)10-17(22)26-3/h4-9H,10H2,1-3H3,(H,20,27)/b15-9-. The zero-order valence-electron chi connectivity index (χ0n) is 15.1. The Labute approximate surface area is 161 Å². The van der Waals surface area contributed by atoms with Crippen molar-refractivity contribution in [2.45, 2.75) is 0 Å². The number of fused-ring (bicyclic) bond motifs is 1. The van der Waals surface area contributed by atoms with Crippen LogP contribution in [0.5, 0.6) is 11.5 Å². The van der Waals surface area contributed by atoms with E-state index in [0.717, 1.165) is 15.7 Å². The SMILES string of the molecule is COC(=O)CN1C(=O)/C(=C/c2c(OC)ccc3ccc(OC)cc23)NC1=S. The summed E-state index contributed by atoms with van der Waals surface area (Å²) in [6.45, 7) is -0.251. The van der Waals surface area contributed by atoms with E-state index in [9.17, 15) is 9.59 Å². The Morgan fingerprint density at radius 3 is 2.59 bits per heavy atom. The lowest BCUT2D eigenvalue weighted by atomic mass is 10.0. The third kappa shape index (κ3) is 3.56. The summed E-state index contributed by atoms with van der Waals surface area (Å²) in [5, 5.41) is 4.81. The summed E-state index contributed by atoms with van der Waals surface area (Å²) in [6.07, 6.45) is 1.66. The summed E-state index contributed by atoms with van der Waals surface area (Å²) < 4.78 is 15.4. The molecule has 0 spiro atoms. The number of amides is 1. The third-order valence-corrected chi connectivity index (χ3v) is 4.54. The van der Waals surface area contributed by atoms with Crippen LogP contribution in [0.1, 0.15) is 5.56 Å². The van der Waals surface area contributed by atoms with Crippen molar-refractivity contribution in [1.82, 2.24) is 10.2 Å². The first-order chi connectivity index (χ1) is 13.0. The van der Waals surface area contributed by atoms with Crippen LogP contribution in [0.25, 0.3) is 16.8 Å². The zero-order valence-corrected chi connectivity index (χ0v) is 15.9. The van der Waals surface area contributed by atoms with Gasteiger partial charge < -0.3 is 19.5 Å². The van der Waals surface area contributed by atoms with Gasteiger partial charge in [0.25, 0.3) is 5.91 Å². The number of ether oxygens (including phenoxy) is 3. The highest BCUT2D eigenvalue weighted by atomic mass is 32.1. The largest absolute Gasteiger partial charge is 0.497 e. The second kappa shape index (κ2) is 7.63. The fourth-order valence-corrected chi connectivity index (χ4v) is 3.07. The van der Waals surface area contributed by atoms with Gasteiger partial charge in [0, 0.05) is 5.56 Å². The Bertz CT molecular complexity index is 965. The van der Waals surface area contributed by atoms with Gasteiger partial charge in [0.2, 0.25) is 0 Å². The van der Waals surface area contributed by atoms with Crippen molar-refractivity contribution in [1.29, 1.82) is 0 Å². The van der Waals surface area contributed by atoms with Crippen LogP contribution in [0.4, 0.5) is 0 Å². The molecule has 0 atom stereocenters. The van der Waals surface area contributed by atoms with Gasteiger partial charge in [-0.05, 0) is 47.3 Å². The highest BCUT2D eigenvalue weighted by molar-refractivity contribution is 7.80. The minimum Gasteiger partial charge on any atom is -0.497 e. The number of benzene rings is 2. The van der Waals surface area contributed by atoms with E-state index in [1.165, 1.54) is 7.11 Å². The molecule has 1 fully saturated rings. The molecule has 0 aromatic heterocycles. The second-order valence-corrected chi connectivity index (χ2v) is 6.11. The average Bonchev–Trinajstić information content (AvgIpc) is 2.95. The van der Waals surface area contributed by atoms with Gasteiger partial charge in [-0.15, -0.1) is 0 Å². The Balaban J connectivity index is 2.08. The molecule has 7 nitrogen and oxygen atoms in total. The van der Waals surface area contributed by atoms with Crippen LogP contribution < -0.4 is 14.8 Å². The maximum absolute atomic E-state index is 12.7. The molecule has 27 heavy (non-hydrogen) atoms. The molecule has 140 valence electrons. The van der Waals surface area contributed by atoms with E-state index in [1.54, 1.807) is 20.3 Å². The molecule has 1 aliphatic heterocycles. The average molecular weight is 386 g/mol. The Morgan fingerprint density at radius 1 is 1.19 bits per heavy atom. The summed E-state index contributed by atoms with van der Waals surface area (Å²) in [7, 11) is 4.40.